The fourth-order valence-electron chi connectivity index (χ4n) is 2.78. The van der Waals surface area contributed by atoms with Gasteiger partial charge in [0, 0.05) is 35.4 Å². The van der Waals surface area contributed by atoms with Crippen LogP contribution in [0.2, 0.25) is 4.47 Å². The van der Waals surface area contributed by atoms with Crippen molar-refractivity contribution in [1.29, 1.82) is 0 Å². The third-order valence-electron chi connectivity index (χ3n) is 3.63. The molecule has 1 N–H and O–H groups in total. The number of aromatic nitrogens is 1. The Morgan fingerprint density at radius 3 is 3.05 bits per heavy atom. The molecule has 0 spiro atoms. The Labute approximate surface area is 132 Å². The Morgan fingerprint density at radius 1 is 1.57 bits per heavy atom. The number of halogens is 1. The van der Waals surface area contributed by atoms with Crippen LogP contribution in [0.15, 0.2) is 24.4 Å². The van der Waals surface area contributed by atoms with E-state index in [0.29, 0.717) is 11.0 Å². The van der Waals surface area contributed by atoms with Crippen molar-refractivity contribution >= 4 is 40.2 Å². The van der Waals surface area contributed by atoms with Crippen LogP contribution in [0.25, 0.3) is 0 Å². The highest BCUT2D eigenvalue weighted by Crippen LogP contribution is 2.34. The van der Waals surface area contributed by atoms with Crippen molar-refractivity contribution in [2.24, 2.45) is 0 Å². The van der Waals surface area contributed by atoms with Gasteiger partial charge in [-0.25, -0.2) is 4.98 Å². The standard InChI is InChI=1S/C15H16ClN3OS/c1-9-5-11-6-12(3-4-14(11)19(9)10(2)20)17-7-13-8-18-15(16)21-13/h3-4,6,8-9,17H,5,7H2,1-2H3. The lowest BCUT2D eigenvalue weighted by molar-refractivity contribution is -0.116. The molecular weight excluding hydrogens is 306 g/mol. The molecule has 4 nitrogen and oxygen atoms in total. The Bertz CT molecular complexity index is 685. The predicted octanol–water partition coefficient (Wildman–Crippen LogP) is 3.71. The van der Waals surface area contributed by atoms with E-state index in [4.69, 9.17) is 11.6 Å². The van der Waals surface area contributed by atoms with Crippen LogP contribution in [0, 0.1) is 0 Å². The van der Waals surface area contributed by atoms with E-state index >= 15 is 0 Å². The van der Waals surface area contributed by atoms with Gasteiger partial charge in [0.1, 0.15) is 0 Å². The van der Waals surface area contributed by atoms with Crippen LogP contribution in [0.4, 0.5) is 11.4 Å². The first-order valence-corrected chi connectivity index (χ1v) is 8.01. The zero-order chi connectivity index (χ0) is 15.0. The van der Waals surface area contributed by atoms with Gasteiger partial charge in [-0.2, -0.15) is 0 Å². The molecule has 1 aliphatic heterocycles. The number of thiazole rings is 1. The normalized spacial score (nSPS) is 16.9. The summed E-state index contributed by atoms with van der Waals surface area (Å²) in [7, 11) is 0. The second-order valence-electron chi connectivity index (χ2n) is 5.22. The van der Waals surface area contributed by atoms with E-state index in [0.717, 1.165) is 22.7 Å². The van der Waals surface area contributed by atoms with E-state index in [-0.39, 0.29) is 11.9 Å². The van der Waals surface area contributed by atoms with Gasteiger partial charge in [0.15, 0.2) is 4.47 Å². The molecule has 0 radical (unpaired) electrons. The number of fused-ring (bicyclic) bond motifs is 1. The average Bonchev–Trinajstić information content (AvgIpc) is 2.98. The Morgan fingerprint density at radius 2 is 2.38 bits per heavy atom. The second kappa shape index (κ2) is 5.66. The van der Waals surface area contributed by atoms with E-state index < -0.39 is 0 Å². The van der Waals surface area contributed by atoms with Gasteiger partial charge in [-0.3, -0.25) is 4.79 Å². The van der Waals surface area contributed by atoms with Crippen LogP contribution in [-0.4, -0.2) is 16.9 Å². The molecule has 2 heterocycles. The Kier molecular flexibility index (Phi) is 3.87. The molecule has 0 saturated carbocycles. The maximum Gasteiger partial charge on any atom is 0.224 e. The molecule has 1 aromatic carbocycles. The van der Waals surface area contributed by atoms with Crippen molar-refractivity contribution in [2.45, 2.75) is 32.9 Å². The van der Waals surface area contributed by atoms with E-state index in [2.05, 4.69) is 23.3 Å². The van der Waals surface area contributed by atoms with Gasteiger partial charge in [-0.05, 0) is 37.1 Å². The van der Waals surface area contributed by atoms with Gasteiger partial charge in [-0.1, -0.05) is 11.6 Å². The van der Waals surface area contributed by atoms with Gasteiger partial charge in [0.05, 0.1) is 6.54 Å². The van der Waals surface area contributed by atoms with Gasteiger partial charge >= 0.3 is 0 Å². The number of nitrogens with one attached hydrogen (secondary N) is 1. The van der Waals surface area contributed by atoms with Gasteiger partial charge < -0.3 is 10.2 Å². The summed E-state index contributed by atoms with van der Waals surface area (Å²) in [6.07, 6.45) is 2.68. The number of nitrogens with zero attached hydrogens (tertiary/aromatic N) is 2. The molecule has 2 aromatic rings. The molecule has 1 aromatic heterocycles. The highest BCUT2D eigenvalue weighted by Gasteiger charge is 2.28. The number of benzene rings is 1. The summed E-state index contributed by atoms with van der Waals surface area (Å²) in [6, 6.07) is 6.38. The first kappa shape index (κ1) is 14.4. The van der Waals surface area contributed by atoms with E-state index in [9.17, 15) is 4.79 Å². The van der Waals surface area contributed by atoms with Crippen molar-refractivity contribution in [3.63, 3.8) is 0 Å². The summed E-state index contributed by atoms with van der Waals surface area (Å²) in [5.74, 6) is 0.0984. The molecule has 0 fully saturated rings. The molecule has 110 valence electrons. The van der Waals surface area contributed by atoms with Gasteiger partial charge in [0.2, 0.25) is 5.91 Å². The highest BCUT2D eigenvalue weighted by molar-refractivity contribution is 7.15. The first-order valence-electron chi connectivity index (χ1n) is 6.81. The zero-order valence-corrected chi connectivity index (χ0v) is 13.5. The van der Waals surface area contributed by atoms with Crippen LogP contribution >= 0.6 is 22.9 Å². The topological polar surface area (TPSA) is 45.2 Å². The van der Waals surface area contributed by atoms with Crippen LogP contribution < -0.4 is 10.2 Å². The molecule has 0 saturated heterocycles. The molecular formula is C15H16ClN3OS. The SMILES string of the molecule is CC(=O)N1c2ccc(NCc3cnc(Cl)s3)cc2CC1C. The van der Waals surface area contributed by atoms with Crippen molar-refractivity contribution in [3.05, 3.63) is 39.3 Å². The number of amides is 1. The second-order valence-corrected chi connectivity index (χ2v) is 6.92. The molecule has 21 heavy (non-hydrogen) atoms. The van der Waals surface area contributed by atoms with Crippen molar-refractivity contribution in [2.75, 3.05) is 10.2 Å². The van der Waals surface area contributed by atoms with E-state index in [1.807, 2.05) is 17.0 Å². The minimum Gasteiger partial charge on any atom is -0.380 e. The third kappa shape index (κ3) is 2.89. The average molecular weight is 322 g/mol. The number of anilines is 2. The van der Waals surface area contributed by atoms with Crippen LogP contribution in [0.1, 0.15) is 24.3 Å². The van der Waals surface area contributed by atoms with E-state index in [1.54, 1.807) is 13.1 Å². The lowest BCUT2D eigenvalue weighted by atomic mass is 10.1. The van der Waals surface area contributed by atoms with Gasteiger partial charge in [0.25, 0.3) is 0 Å². The summed E-state index contributed by atoms with van der Waals surface area (Å²) >= 11 is 7.30. The van der Waals surface area contributed by atoms with Gasteiger partial charge in [-0.15, -0.1) is 11.3 Å². The maximum atomic E-state index is 11.7. The third-order valence-corrected chi connectivity index (χ3v) is 4.74. The molecule has 6 heteroatoms. The Hall–Kier alpha value is -1.59. The lowest BCUT2D eigenvalue weighted by Gasteiger charge is -2.20. The maximum absolute atomic E-state index is 11.7. The summed E-state index contributed by atoms with van der Waals surface area (Å²) in [5.41, 5.74) is 3.29. The number of hydrogen-bond donors (Lipinski definition) is 1. The Balaban J connectivity index is 1.75. The molecule has 1 unspecified atom stereocenters. The molecule has 1 aliphatic rings. The number of carbonyl (C=O) groups excluding carboxylic acids is 1. The number of hydrogen-bond acceptors (Lipinski definition) is 4. The largest absolute Gasteiger partial charge is 0.380 e. The number of rotatable bonds is 3. The fraction of sp³-hybridized carbons (Fsp3) is 0.333. The van der Waals surface area contributed by atoms with Crippen LogP contribution in [0.3, 0.4) is 0 Å². The minimum atomic E-state index is 0.0984. The lowest BCUT2D eigenvalue weighted by Crippen LogP contribution is -2.33. The molecule has 0 bridgehead atoms. The predicted molar refractivity (Wildman–Crippen MR) is 87.2 cm³/mol. The molecule has 3 rings (SSSR count). The first-order chi connectivity index (χ1) is 10.0. The summed E-state index contributed by atoms with van der Waals surface area (Å²) in [4.78, 5) is 18.7. The highest BCUT2D eigenvalue weighted by atomic mass is 35.5. The summed E-state index contributed by atoms with van der Waals surface area (Å²) in [6.45, 7) is 4.40. The fourth-order valence-corrected chi connectivity index (χ4v) is 3.69. The quantitative estimate of drug-likeness (QED) is 0.937. The summed E-state index contributed by atoms with van der Waals surface area (Å²) in [5, 5.41) is 3.37. The van der Waals surface area contributed by atoms with Crippen LogP contribution in [-0.2, 0) is 17.8 Å². The molecule has 1 atom stereocenters. The van der Waals surface area contributed by atoms with Crippen LogP contribution in [0.5, 0.6) is 0 Å². The minimum absolute atomic E-state index is 0.0984. The van der Waals surface area contributed by atoms with E-state index in [1.165, 1.54) is 16.9 Å². The van der Waals surface area contributed by atoms with Crippen molar-refractivity contribution in [3.8, 4) is 0 Å². The zero-order valence-electron chi connectivity index (χ0n) is 11.9. The molecule has 1 amide bonds. The van der Waals surface area contributed by atoms with Crippen molar-refractivity contribution < 1.29 is 4.79 Å². The number of carbonyl (C=O) groups is 1. The smallest absolute Gasteiger partial charge is 0.224 e. The molecule has 0 aliphatic carbocycles. The van der Waals surface area contributed by atoms with Crippen molar-refractivity contribution in [1.82, 2.24) is 4.98 Å². The monoisotopic (exact) mass is 321 g/mol. The summed E-state index contributed by atoms with van der Waals surface area (Å²) < 4.78 is 0.562.